The molecule has 118 valence electrons. The lowest BCUT2D eigenvalue weighted by Gasteiger charge is -2.13. The molecule has 0 radical (unpaired) electrons. The molecule has 0 aliphatic carbocycles. The minimum atomic E-state index is -4.01. The SMILES string of the molecule is CC(C)COc1ccc(S(=O)(=O)N[C@@H](CO)C(=O)O)cc1. The van der Waals surface area contributed by atoms with Crippen LogP contribution in [0.2, 0.25) is 0 Å². The number of hydrogen-bond donors (Lipinski definition) is 3. The van der Waals surface area contributed by atoms with Crippen molar-refractivity contribution in [3.05, 3.63) is 24.3 Å². The molecule has 0 saturated carbocycles. The van der Waals surface area contributed by atoms with Gasteiger partial charge in [-0.2, -0.15) is 4.72 Å². The van der Waals surface area contributed by atoms with E-state index in [1.165, 1.54) is 24.3 Å². The molecule has 0 heterocycles. The number of nitrogens with one attached hydrogen (secondary N) is 1. The molecule has 0 saturated heterocycles. The van der Waals surface area contributed by atoms with Crippen LogP contribution in [0.4, 0.5) is 0 Å². The van der Waals surface area contributed by atoms with Crippen LogP contribution in [0.15, 0.2) is 29.2 Å². The first kappa shape index (κ1) is 17.4. The van der Waals surface area contributed by atoms with Crippen LogP contribution in [0.3, 0.4) is 0 Å². The van der Waals surface area contributed by atoms with Crippen molar-refractivity contribution in [1.29, 1.82) is 0 Å². The van der Waals surface area contributed by atoms with Crippen LogP contribution in [0.25, 0.3) is 0 Å². The van der Waals surface area contributed by atoms with Crippen molar-refractivity contribution in [2.45, 2.75) is 24.8 Å². The summed E-state index contributed by atoms with van der Waals surface area (Å²) in [7, 11) is -4.01. The Morgan fingerprint density at radius 3 is 2.29 bits per heavy atom. The Hall–Kier alpha value is -1.64. The third-order valence-corrected chi connectivity index (χ3v) is 3.98. The third-order valence-electron chi connectivity index (χ3n) is 2.50. The normalized spacial score (nSPS) is 13.1. The maximum Gasteiger partial charge on any atom is 0.324 e. The second-order valence-corrected chi connectivity index (χ2v) is 6.58. The van der Waals surface area contributed by atoms with Gasteiger partial charge in [0.2, 0.25) is 10.0 Å². The number of carboxylic acid groups (broad SMARTS) is 1. The van der Waals surface area contributed by atoms with Gasteiger partial charge >= 0.3 is 5.97 Å². The minimum absolute atomic E-state index is 0.0981. The molecule has 0 unspecified atom stereocenters. The summed E-state index contributed by atoms with van der Waals surface area (Å²) in [4.78, 5) is 10.6. The lowest BCUT2D eigenvalue weighted by Crippen LogP contribution is -2.43. The van der Waals surface area contributed by atoms with Crippen molar-refractivity contribution >= 4 is 16.0 Å². The Balaban J connectivity index is 2.82. The van der Waals surface area contributed by atoms with E-state index in [1.54, 1.807) is 0 Å². The quantitative estimate of drug-likeness (QED) is 0.641. The van der Waals surface area contributed by atoms with Gasteiger partial charge in [-0.3, -0.25) is 4.79 Å². The first-order chi connectivity index (χ1) is 9.76. The van der Waals surface area contributed by atoms with Gasteiger partial charge in [0.05, 0.1) is 18.1 Å². The molecule has 1 aromatic carbocycles. The maximum atomic E-state index is 12.0. The van der Waals surface area contributed by atoms with Gasteiger partial charge in [0, 0.05) is 0 Å². The monoisotopic (exact) mass is 317 g/mol. The Kier molecular flexibility index (Phi) is 6.13. The number of carbonyl (C=O) groups is 1. The van der Waals surface area contributed by atoms with Crippen LogP contribution in [-0.2, 0) is 14.8 Å². The van der Waals surface area contributed by atoms with Crippen LogP contribution in [0.1, 0.15) is 13.8 Å². The smallest absolute Gasteiger partial charge is 0.324 e. The van der Waals surface area contributed by atoms with Gasteiger partial charge in [-0.05, 0) is 30.2 Å². The molecule has 0 bridgehead atoms. The van der Waals surface area contributed by atoms with E-state index in [0.717, 1.165) is 0 Å². The van der Waals surface area contributed by atoms with E-state index in [-0.39, 0.29) is 4.90 Å². The third kappa shape index (κ3) is 5.33. The van der Waals surface area contributed by atoms with Crippen molar-refractivity contribution in [1.82, 2.24) is 4.72 Å². The number of rotatable bonds is 8. The van der Waals surface area contributed by atoms with Crippen LogP contribution >= 0.6 is 0 Å². The highest BCUT2D eigenvalue weighted by molar-refractivity contribution is 7.89. The molecule has 0 amide bonds. The highest BCUT2D eigenvalue weighted by Gasteiger charge is 2.24. The maximum absolute atomic E-state index is 12.0. The molecule has 3 N–H and O–H groups in total. The Bertz CT molecular complexity index is 567. The van der Waals surface area contributed by atoms with E-state index >= 15 is 0 Å². The van der Waals surface area contributed by atoms with E-state index in [1.807, 2.05) is 18.6 Å². The van der Waals surface area contributed by atoms with E-state index in [4.69, 9.17) is 14.9 Å². The van der Waals surface area contributed by atoms with Crippen molar-refractivity contribution in [3.8, 4) is 5.75 Å². The van der Waals surface area contributed by atoms with E-state index in [0.29, 0.717) is 18.3 Å². The number of ether oxygens (including phenoxy) is 1. The molecule has 0 aliphatic heterocycles. The zero-order valence-electron chi connectivity index (χ0n) is 11.8. The molecule has 1 aromatic rings. The largest absolute Gasteiger partial charge is 0.493 e. The summed E-state index contributed by atoms with van der Waals surface area (Å²) in [6, 6.07) is 4.03. The molecule has 0 spiro atoms. The second-order valence-electron chi connectivity index (χ2n) is 4.87. The molecule has 1 rings (SSSR count). The molecule has 7 nitrogen and oxygen atoms in total. The lowest BCUT2D eigenvalue weighted by atomic mass is 10.2. The predicted octanol–water partition coefficient (Wildman–Crippen LogP) is 0.445. The number of sulfonamides is 1. The lowest BCUT2D eigenvalue weighted by molar-refractivity contribution is -0.139. The first-order valence-electron chi connectivity index (χ1n) is 6.35. The zero-order valence-corrected chi connectivity index (χ0v) is 12.6. The van der Waals surface area contributed by atoms with E-state index < -0.39 is 28.6 Å². The fourth-order valence-electron chi connectivity index (χ4n) is 1.40. The van der Waals surface area contributed by atoms with Gasteiger partial charge in [-0.15, -0.1) is 0 Å². The minimum Gasteiger partial charge on any atom is -0.493 e. The van der Waals surface area contributed by atoms with Crippen molar-refractivity contribution in [3.63, 3.8) is 0 Å². The number of aliphatic hydroxyl groups excluding tert-OH is 1. The van der Waals surface area contributed by atoms with Gasteiger partial charge in [0.25, 0.3) is 0 Å². The predicted molar refractivity (Wildman–Crippen MR) is 75.6 cm³/mol. The molecule has 1 atom stereocenters. The van der Waals surface area contributed by atoms with Gasteiger partial charge in [-0.1, -0.05) is 13.8 Å². The second kappa shape index (κ2) is 7.39. The van der Waals surface area contributed by atoms with E-state index in [2.05, 4.69) is 0 Å². The van der Waals surface area contributed by atoms with E-state index in [9.17, 15) is 13.2 Å². The molecule has 8 heteroatoms. The first-order valence-corrected chi connectivity index (χ1v) is 7.83. The Morgan fingerprint density at radius 1 is 1.29 bits per heavy atom. The summed E-state index contributed by atoms with van der Waals surface area (Å²) in [5.74, 6) is -0.575. The Labute approximate surface area is 123 Å². The summed E-state index contributed by atoms with van der Waals surface area (Å²) >= 11 is 0. The molecular weight excluding hydrogens is 298 g/mol. The summed E-state index contributed by atoms with van der Waals surface area (Å²) < 4.78 is 31.3. The standard InChI is InChI=1S/C13H19NO6S/c1-9(2)8-20-10-3-5-11(6-4-10)21(18,19)14-12(7-15)13(16)17/h3-6,9,12,14-15H,7-8H2,1-2H3,(H,16,17)/t12-/m0/s1. The topological polar surface area (TPSA) is 113 Å². The molecule has 0 fully saturated rings. The average Bonchev–Trinajstić information content (AvgIpc) is 2.42. The summed E-state index contributed by atoms with van der Waals surface area (Å²) in [6.45, 7) is 3.66. The summed E-state index contributed by atoms with van der Waals surface area (Å²) in [6.07, 6.45) is 0. The molecule has 21 heavy (non-hydrogen) atoms. The zero-order chi connectivity index (χ0) is 16.0. The summed E-state index contributed by atoms with van der Waals surface area (Å²) in [5, 5.41) is 17.6. The number of carboxylic acids is 1. The van der Waals surface area contributed by atoms with Gasteiger partial charge in [0.1, 0.15) is 11.8 Å². The van der Waals surface area contributed by atoms with Crippen molar-refractivity contribution in [2.75, 3.05) is 13.2 Å². The van der Waals surface area contributed by atoms with Crippen molar-refractivity contribution < 1.29 is 28.2 Å². The van der Waals surface area contributed by atoms with Gasteiger partial charge in [0.15, 0.2) is 0 Å². The number of benzene rings is 1. The number of hydrogen-bond acceptors (Lipinski definition) is 5. The van der Waals surface area contributed by atoms with Crippen LogP contribution in [0, 0.1) is 5.92 Å². The fourth-order valence-corrected chi connectivity index (χ4v) is 2.58. The number of aliphatic hydroxyl groups is 1. The highest BCUT2D eigenvalue weighted by Crippen LogP contribution is 2.16. The van der Waals surface area contributed by atoms with Crippen LogP contribution in [-0.4, -0.2) is 43.9 Å². The average molecular weight is 317 g/mol. The Morgan fingerprint density at radius 2 is 1.86 bits per heavy atom. The molecular formula is C13H19NO6S. The summed E-state index contributed by atoms with van der Waals surface area (Å²) in [5.41, 5.74) is 0. The van der Waals surface area contributed by atoms with Crippen LogP contribution < -0.4 is 9.46 Å². The number of aliphatic carboxylic acids is 1. The van der Waals surface area contributed by atoms with Gasteiger partial charge in [-0.25, -0.2) is 8.42 Å². The highest BCUT2D eigenvalue weighted by atomic mass is 32.2. The molecule has 0 aliphatic rings. The van der Waals surface area contributed by atoms with Crippen molar-refractivity contribution in [2.24, 2.45) is 5.92 Å². The van der Waals surface area contributed by atoms with Crippen LogP contribution in [0.5, 0.6) is 5.75 Å². The molecule has 0 aromatic heterocycles. The van der Waals surface area contributed by atoms with Gasteiger partial charge < -0.3 is 14.9 Å². The fraction of sp³-hybridized carbons (Fsp3) is 0.462.